The number of nitrogens with zero attached hydrogens (tertiary/aromatic N) is 2. The van der Waals surface area contributed by atoms with Crippen molar-refractivity contribution >= 4 is 33.6 Å². The predicted molar refractivity (Wildman–Crippen MR) is 181 cm³/mol. The Kier molecular flexibility index (Phi) is 11.8. The average molecular weight is 621 g/mol. The minimum Gasteiger partial charge on any atom is -0.491 e. The van der Waals surface area contributed by atoms with Crippen LogP contribution in [0.2, 0.25) is 36.3 Å². The summed E-state index contributed by atoms with van der Waals surface area (Å²) in [6.07, 6.45) is -0.453. The summed E-state index contributed by atoms with van der Waals surface area (Å²) in [4.78, 5) is 15.3. The van der Waals surface area contributed by atoms with Crippen LogP contribution in [0.1, 0.15) is 74.9 Å². The Morgan fingerprint density at radius 1 is 0.929 bits per heavy atom. The number of carbonyl (C=O) groups excluding carboxylic acids is 1. The van der Waals surface area contributed by atoms with Gasteiger partial charge in [0.1, 0.15) is 18.0 Å². The molecule has 0 amide bonds. The Balaban J connectivity index is 2.21. The van der Waals surface area contributed by atoms with Crippen LogP contribution in [0.5, 0.6) is 5.75 Å². The zero-order valence-corrected chi connectivity index (χ0v) is 31.4. The van der Waals surface area contributed by atoms with E-state index in [-0.39, 0.29) is 22.3 Å². The lowest BCUT2D eigenvalue weighted by Crippen LogP contribution is -2.49. The Morgan fingerprint density at radius 2 is 1.52 bits per heavy atom. The number of fused-ring (bicyclic) bond motifs is 1. The molecule has 0 unspecified atom stereocenters. The van der Waals surface area contributed by atoms with Gasteiger partial charge in [0, 0.05) is 30.8 Å². The smallest absolute Gasteiger partial charge is 0.419 e. The van der Waals surface area contributed by atoms with Crippen molar-refractivity contribution in [1.82, 2.24) is 9.47 Å². The number of hydrogen-bond acceptors (Lipinski definition) is 6. The zero-order valence-electron chi connectivity index (χ0n) is 29.4. The fourth-order valence-electron chi connectivity index (χ4n) is 4.19. The molecule has 0 aliphatic carbocycles. The summed E-state index contributed by atoms with van der Waals surface area (Å²) in [7, 11) is -3.84. The summed E-state index contributed by atoms with van der Waals surface area (Å²) in [5.41, 5.74) is 1.07. The van der Waals surface area contributed by atoms with E-state index in [2.05, 4.69) is 79.6 Å². The average Bonchev–Trinajstić information content (AvgIpc) is 3.13. The van der Waals surface area contributed by atoms with Gasteiger partial charge in [0.25, 0.3) is 0 Å². The van der Waals surface area contributed by atoms with Crippen molar-refractivity contribution in [2.45, 2.75) is 124 Å². The number of aromatic nitrogens is 1. The third-order valence-electron chi connectivity index (χ3n) is 8.82. The summed E-state index contributed by atoms with van der Waals surface area (Å²) < 4.78 is 27.1. The van der Waals surface area contributed by atoms with Crippen molar-refractivity contribution in [1.29, 1.82) is 0 Å². The predicted octanol–water partition coefficient (Wildman–Crippen LogP) is 8.85. The van der Waals surface area contributed by atoms with E-state index in [4.69, 9.17) is 18.3 Å². The summed E-state index contributed by atoms with van der Waals surface area (Å²) in [5.74, 6) is 0.761. The van der Waals surface area contributed by atoms with Gasteiger partial charge < -0.3 is 18.3 Å². The molecule has 0 aliphatic heterocycles. The lowest BCUT2D eigenvalue weighted by Gasteiger charge is -2.40. The van der Waals surface area contributed by atoms with Crippen LogP contribution in [0.25, 0.3) is 10.9 Å². The van der Waals surface area contributed by atoms with Gasteiger partial charge >= 0.3 is 6.09 Å². The molecule has 0 saturated carbocycles. The van der Waals surface area contributed by atoms with Gasteiger partial charge in [-0.05, 0) is 94.8 Å². The lowest BCUT2D eigenvalue weighted by molar-refractivity contribution is 0.0541. The second-order valence-corrected chi connectivity index (χ2v) is 25.2. The van der Waals surface area contributed by atoms with E-state index in [1.165, 1.54) is 0 Å². The molecule has 0 saturated heterocycles. The minimum absolute atomic E-state index is 0.0810. The first-order valence-electron chi connectivity index (χ1n) is 15.5. The number of ether oxygens (including phenoxy) is 2. The molecule has 0 fully saturated rings. The maximum Gasteiger partial charge on any atom is 0.419 e. The summed E-state index contributed by atoms with van der Waals surface area (Å²) in [5, 5.41) is 1.23. The molecule has 42 heavy (non-hydrogen) atoms. The lowest BCUT2D eigenvalue weighted by atomic mass is 10.2. The normalized spacial score (nSPS) is 14.5. The van der Waals surface area contributed by atoms with Crippen molar-refractivity contribution in [2.24, 2.45) is 0 Å². The fourth-order valence-corrected chi connectivity index (χ4v) is 6.55. The van der Waals surface area contributed by atoms with E-state index in [0.717, 1.165) is 48.6 Å². The van der Waals surface area contributed by atoms with Gasteiger partial charge in [-0.15, -0.1) is 0 Å². The minimum atomic E-state index is -2.04. The van der Waals surface area contributed by atoms with E-state index in [9.17, 15) is 4.79 Å². The molecular formula is C33H60N2O5Si2. The highest BCUT2D eigenvalue weighted by atomic mass is 28.4. The maximum absolute atomic E-state index is 12.9. The molecule has 0 aliphatic rings. The summed E-state index contributed by atoms with van der Waals surface area (Å²) >= 11 is 0. The number of rotatable bonds is 12. The highest BCUT2D eigenvalue weighted by Crippen LogP contribution is 2.38. The summed E-state index contributed by atoms with van der Waals surface area (Å²) in [6, 6.07) is 7.85. The van der Waals surface area contributed by atoms with Gasteiger partial charge in [-0.2, -0.15) is 0 Å². The van der Waals surface area contributed by atoms with Crippen molar-refractivity contribution in [3.05, 3.63) is 30.0 Å². The van der Waals surface area contributed by atoms with E-state index in [1.807, 2.05) is 52.0 Å². The van der Waals surface area contributed by atoms with Crippen molar-refractivity contribution in [3.8, 4) is 5.75 Å². The van der Waals surface area contributed by atoms with Crippen LogP contribution >= 0.6 is 0 Å². The highest BCUT2D eigenvalue weighted by molar-refractivity contribution is 6.74. The van der Waals surface area contributed by atoms with Crippen LogP contribution in [-0.2, 0) is 13.6 Å². The first kappa shape index (κ1) is 36.5. The SMILES string of the molecule is CCN(CCO[Si](C)(C)C(C)(C)C)C[C@H](COc1ccc2c(c1)cc(C)n2C(=O)OC(C)(C)C)O[Si](C)(C)C(C)(C)C. The number of hydrogen-bond donors (Lipinski definition) is 0. The molecule has 2 rings (SSSR count). The molecule has 1 atom stereocenters. The molecule has 0 bridgehead atoms. The van der Waals surface area contributed by atoms with Gasteiger partial charge in [-0.25, -0.2) is 9.36 Å². The van der Waals surface area contributed by atoms with Crippen molar-refractivity contribution in [3.63, 3.8) is 0 Å². The third-order valence-corrected chi connectivity index (χ3v) is 17.9. The summed E-state index contributed by atoms with van der Waals surface area (Å²) in [6.45, 7) is 36.3. The molecule has 7 nitrogen and oxygen atoms in total. The Bertz CT molecular complexity index is 1190. The highest BCUT2D eigenvalue weighted by Gasteiger charge is 2.40. The fraction of sp³-hybridized carbons (Fsp3) is 0.727. The van der Waals surface area contributed by atoms with E-state index in [0.29, 0.717) is 6.61 Å². The Labute approximate surface area is 258 Å². The molecule has 0 spiro atoms. The van der Waals surface area contributed by atoms with Gasteiger partial charge in [0.05, 0.1) is 11.6 Å². The number of carbonyl (C=O) groups is 1. The maximum atomic E-state index is 12.9. The monoisotopic (exact) mass is 620 g/mol. The van der Waals surface area contributed by atoms with Gasteiger partial charge in [-0.3, -0.25) is 4.90 Å². The van der Waals surface area contributed by atoms with Crippen LogP contribution in [0.4, 0.5) is 4.79 Å². The van der Waals surface area contributed by atoms with Crippen LogP contribution in [-0.4, -0.2) is 76.7 Å². The standard InChI is InChI=1S/C33H60N2O5Si2/c1-16-34(19-20-38-41(12,13)32(6,7)8)23-28(40-42(14,15)33(9,10)11)24-37-27-17-18-29-26(22-27)21-25(2)35(29)30(36)39-31(3,4)5/h17-18,21-22,28H,16,19-20,23-24H2,1-15H3/t28-/m1/s1. The van der Waals surface area contributed by atoms with E-state index in [1.54, 1.807) is 4.57 Å². The number of benzene rings is 1. The molecule has 240 valence electrons. The molecular weight excluding hydrogens is 561 g/mol. The number of aryl methyl sites for hydroxylation is 1. The van der Waals surface area contributed by atoms with Gasteiger partial charge in [0.2, 0.25) is 0 Å². The van der Waals surface area contributed by atoms with Crippen molar-refractivity contribution in [2.75, 3.05) is 32.8 Å². The van der Waals surface area contributed by atoms with Crippen LogP contribution in [0.3, 0.4) is 0 Å². The molecule has 2 aromatic rings. The van der Waals surface area contributed by atoms with Crippen LogP contribution < -0.4 is 4.74 Å². The Hall–Kier alpha value is -1.66. The van der Waals surface area contributed by atoms with Gasteiger partial charge in [-0.1, -0.05) is 48.5 Å². The molecule has 0 N–H and O–H groups in total. The second kappa shape index (κ2) is 13.5. The molecule has 0 radical (unpaired) electrons. The zero-order chi connectivity index (χ0) is 32.3. The largest absolute Gasteiger partial charge is 0.491 e. The number of likely N-dealkylation sites (N-methyl/N-ethyl adjacent to an activating group) is 1. The first-order chi connectivity index (χ1) is 19.0. The van der Waals surface area contributed by atoms with E-state index < -0.39 is 22.2 Å². The topological polar surface area (TPSA) is 62.2 Å². The first-order valence-corrected chi connectivity index (χ1v) is 21.3. The molecule has 1 aromatic carbocycles. The van der Waals surface area contributed by atoms with Crippen LogP contribution in [0.15, 0.2) is 24.3 Å². The van der Waals surface area contributed by atoms with Gasteiger partial charge in [0.15, 0.2) is 16.6 Å². The quantitative estimate of drug-likeness (QED) is 0.221. The molecule has 1 heterocycles. The molecule has 9 heteroatoms. The van der Waals surface area contributed by atoms with Crippen molar-refractivity contribution < 1.29 is 23.1 Å². The third kappa shape index (κ3) is 9.94. The second-order valence-electron chi connectivity index (χ2n) is 15.6. The Morgan fingerprint density at radius 3 is 2.05 bits per heavy atom. The van der Waals surface area contributed by atoms with Crippen LogP contribution in [0, 0.1) is 6.92 Å². The van der Waals surface area contributed by atoms with E-state index >= 15 is 0 Å². The molecule has 1 aromatic heterocycles.